The van der Waals surface area contributed by atoms with Crippen molar-refractivity contribution in [3.63, 3.8) is 0 Å². The summed E-state index contributed by atoms with van der Waals surface area (Å²) in [5.74, 6) is 1.39. The largest absolute Gasteiger partial charge is 0.326 e. The van der Waals surface area contributed by atoms with E-state index in [2.05, 4.69) is 31.8 Å². The Labute approximate surface area is 151 Å². The van der Waals surface area contributed by atoms with E-state index < -0.39 is 0 Å². The molecule has 0 saturated carbocycles. The molecule has 130 valence electrons. The van der Waals surface area contributed by atoms with Crippen LogP contribution in [0.2, 0.25) is 0 Å². The van der Waals surface area contributed by atoms with Crippen LogP contribution in [0.15, 0.2) is 55.0 Å². The minimum atomic E-state index is 0.493. The number of nitrogens with zero attached hydrogens (tertiary/aromatic N) is 5. The van der Waals surface area contributed by atoms with E-state index >= 15 is 0 Å². The van der Waals surface area contributed by atoms with Gasteiger partial charge in [-0.2, -0.15) is 4.98 Å². The molecule has 0 saturated heterocycles. The maximum absolute atomic E-state index is 5.71. The number of nitrogens with two attached hydrogens (primary N) is 1. The zero-order valence-corrected chi connectivity index (χ0v) is 14.4. The third-order valence-corrected chi connectivity index (χ3v) is 4.16. The number of hydrogen-bond donors (Lipinski definition) is 2. The first kappa shape index (κ1) is 16.2. The molecule has 3 aromatic heterocycles. The van der Waals surface area contributed by atoms with E-state index in [-0.39, 0.29) is 0 Å². The van der Waals surface area contributed by atoms with Crippen molar-refractivity contribution in [1.82, 2.24) is 24.5 Å². The maximum atomic E-state index is 5.71. The van der Waals surface area contributed by atoms with Crippen LogP contribution in [0.1, 0.15) is 12.5 Å². The summed E-state index contributed by atoms with van der Waals surface area (Å²) in [7, 11) is 0. The molecule has 0 spiro atoms. The average Bonchev–Trinajstić information content (AvgIpc) is 3.06. The highest BCUT2D eigenvalue weighted by molar-refractivity contribution is 5.77. The predicted molar refractivity (Wildman–Crippen MR) is 102 cm³/mol. The molecule has 0 bridgehead atoms. The monoisotopic (exact) mass is 345 g/mol. The molecule has 0 fully saturated rings. The number of aromatic nitrogens is 5. The molecule has 26 heavy (non-hydrogen) atoms. The highest BCUT2D eigenvalue weighted by Gasteiger charge is 2.14. The van der Waals surface area contributed by atoms with E-state index in [1.807, 2.05) is 36.4 Å². The zero-order chi connectivity index (χ0) is 17.9. The summed E-state index contributed by atoms with van der Waals surface area (Å²) < 4.78 is 2.08. The minimum Gasteiger partial charge on any atom is -0.326 e. The zero-order valence-electron chi connectivity index (χ0n) is 14.4. The lowest BCUT2D eigenvalue weighted by Crippen LogP contribution is -2.02. The van der Waals surface area contributed by atoms with Crippen LogP contribution in [0.3, 0.4) is 0 Å². The van der Waals surface area contributed by atoms with Crippen molar-refractivity contribution in [1.29, 1.82) is 0 Å². The Kier molecular flexibility index (Phi) is 4.28. The molecule has 0 atom stereocenters. The van der Waals surface area contributed by atoms with Gasteiger partial charge in [0.15, 0.2) is 5.65 Å². The highest BCUT2D eigenvalue weighted by atomic mass is 15.2. The predicted octanol–water partition coefficient (Wildman–Crippen LogP) is 3.11. The Morgan fingerprint density at radius 1 is 1.12 bits per heavy atom. The Hall–Kier alpha value is -3.32. The lowest BCUT2D eigenvalue weighted by atomic mass is 10.2. The quantitative estimate of drug-likeness (QED) is 0.577. The Bertz CT molecular complexity index is 1040. The normalized spacial score (nSPS) is 11.0. The van der Waals surface area contributed by atoms with Crippen LogP contribution in [0.4, 0.5) is 11.6 Å². The van der Waals surface area contributed by atoms with Crippen molar-refractivity contribution in [2.24, 2.45) is 5.73 Å². The van der Waals surface area contributed by atoms with E-state index in [9.17, 15) is 0 Å². The molecule has 0 aliphatic heterocycles. The Morgan fingerprint density at radius 2 is 1.96 bits per heavy atom. The summed E-state index contributed by atoms with van der Waals surface area (Å²) in [6, 6.07) is 11.8. The second-order valence-corrected chi connectivity index (χ2v) is 5.85. The van der Waals surface area contributed by atoms with Gasteiger partial charge in [0.2, 0.25) is 5.95 Å². The van der Waals surface area contributed by atoms with Crippen LogP contribution in [-0.4, -0.2) is 24.5 Å². The first-order valence-corrected chi connectivity index (χ1v) is 8.48. The second kappa shape index (κ2) is 6.89. The molecular formula is C19H19N7. The van der Waals surface area contributed by atoms with Gasteiger partial charge in [-0.3, -0.25) is 4.98 Å². The van der Waals surface area contributed by atoms with Gasteiger partial charge in [0.25, 0.3) is 0 Å². The number of pyridine rings is 1. The number of aryl methyl sites for hydroxylation is 1. The lowest BCUT2D eigenvalue weighted by Gasteiger charge is -2.08. The first-order chi connectivity index (χ1) is 12.8. The van der Waals surface area contributed by atoms with Gasteiger partial charge in [0.05, 0.1) is 6.20 Å². The van der Waals surface area contributed by atoms with Crippen LogP contribution >= 0.6 is 0 Å². The van der Waals surface area contributed by atoms with E-state index in [4.69, 9.17) is 10.7 Å². The van der Waals surface area contributed by atoms with Crippen LogP contribution in [0.5, 0.6) is 0 Å². The minimum absolute atomic E-state index is 0.493. The molecule has 4 aromatic rings. The van der Waals surface area contributed by atoms with Gasteiger partial charge in [0, 0.05) is 36.7 Å². The van der Waals surface area contributed by atoms with Gasteiger partial charge < -0.3 is 15.6 Å². The van der Waals surface area contributed by atoms with Crippen LogP contribution in [-0.2, 0) is 13.1 Å². The summed E-state index contributed by atoms with van der Waals surface area (Å²) in [6.45, 7) is 3.33. The molecule has 0 unspecified atom stereocenters. The summed E-state index contributed by atoms with van der Waals surface area (Å²) in [4.78, 5) is 17.8. The molecule has 3 N–H and O–H groups in total. The van der Waals surface area contributed by atoms with Gasteiger partial charge >= 0.3 is 0 Å². The molecule has 0 aliphatic rings. The lowest BCUT2D eigenvalue weighted by molar-refractivity contribution is 0.786. The summed E-state index contributed by atoms with van der Waals surface area (Å²) >= 11 is 0. The molecule has 1 aromatic carbocycles. The molecule has 0 aliphatic carbocycles. The fourth-order valence-electron chi connectivity index (χ4n) is 2.91. The smallest absolute Gasteiger partial charge is 0.229 e. The Balaban J connectivity index is 1.74. The molecule has 0 radical (unpaired) electrons. The topological polar surface area (TPSA) is 94.5 Å². The third kappa shape index (κ3) is 3.00. The van der Waals surface area contributed by atoms with E-state index in [1.165, 1.54) is 0 Å². The first-order valence-electron chi connectivity index (χ1n) is 8.48. The van der Waals surface area contributed by atoms with E-state index in [0.29, 0.717) is 12.5 Å². The van der Waals surface area contributed by atoms with Crippen LogP contribution in [0.25, 0.3) is 22.6 Å². The van der Waals surface area contributed by atoms with Gasteiger partial charge in [0.1, 0.15) is 11.3 Å². The maximum Gasteiger partial charge on any atom is 0.229 e. The van der Waals surface area contributed by atoms with Crippen molar-refractivity contribution in [2.45, 2.75) is 20.0 Å². The van der Waals surface area contributed by atoms with Crippen molar-refractivity contribution in [2.75, 3.05) is 5.32 Å². The van der Waals surface area contributed by atoms with Gasteiger partial charge in [-0.25, -0.2) is 9.97 Å². The summed E-state index contributed by atoms with van der Waals surface area (Å²) in [5.41, 5.74) is 10.2. The molecule has 3 heterocycles. The Morgan fingerprint density at radius 3 is 2.73 bits per heavy atom. The number of rotatable bonds is 5. The van der Waals surface area contributed by atoms with Crippen molar-refractivity contribution in [3.05, 3.63) is 60.6 Å². The average molecular weight is 345 g/mol. The van der Waals surface area contributed by atoms with Crippen LogP contribution in [0, 0.1) is 0 Å². The van der Waals surface area contributed by atoms with E-state index in [1.54, 1.807) is 18.6 Å². The number of hydrogen-bond acceptors (Lipinski definition) is 6. The van der Waals surface area contributed by atoms with Gasteiger partial charge in [-0.15, -0.1) is 0 Å². The summed E-state index contributed by atoms with van der Waals surface area (Å²) in [5, 5.41) is 3.24. The fraction of sp³-hybridized carbons (Fsp3) is 0.158. The molecule has 4 rings (SSSR count). The number of anilines is 2. The third-order valence-electron chi connectivity index (χ3n) is 4.16. The van der Waals surface area contributed by atoms with E-state index in [0.717, 1.165) is 40.3 Å². The molecule has 7 nitrogen and oxygen atoms in total. The molecule has 7 heteroatoms. The van der Waals surface area contributed by atoms with Crippen molar-refractivity contribution >= 4 is 22.8 Å². The highest BCUT2D eigenvalue weighted by Crippen LogP contribution is 2.24. The number of nitrogens with one attached hydrogen (secondary N) is 1. The van der Waals surface area contributed by atoms with Crippen LogP contribution < -0.4 is 11.1 Å². The second-order valence-electron chi connectivity index (χ2n) is 5.85. The number of benzene rings is 1. The van der Waals surface area contributed by atoms with Gasteiger partial charge in [-0.1, -0.05) is 12.1 Å². The number of imidazole rings is 1. The fourth-order valence-corrected chi connectivity index (χ4v) is 2.91. The molecular weight excluding hydrogens is 326 g/mol. The van der Waals surface area contributed by atoms with Crippen molar-refractivity contribution in [3.8, 4) is 11.4 Å². The van der Waals surface area contributed by atoms with Gasteiger partial charge in [-0.05, 0) is 36.8 Å². The number of fused-ring (bicyclic) bond motifs is 1. The SMILES string of the molecule is CCn1c(-c2ccncc2)nc2cnc(Nc3cccc(CN)c3)nc21. The molecule has 0 amide bonds. The van der Waals surface area contributed by atoms with Crippen molar-refractivity contribution < 1.29 is 0 Å². The summed E-state index contributed by atoms with van der Waals surface area (Å²) in [6.07, 6.45) is 5.27. The standard InChI is InChI=1S/C19H19N7/c1-2-26-17(14-6-8-21-9-7-14)24-16-12-22-19(25-18(16)26)23-15-5-3-4-13(10-15)11-20/h3-10,12H,2,11,20H2,1H3,(H,22,23,25).